The third-order valence-corrected chi connectivity index (χ3v) is 4.91. The van der Waals surface area contributed by atoms with Crippen molar-refractivity contribution in [3.63, 3.8) is 0 Å². The maximum atomic E-state index is 13.9. The maximum Gasteiger partial charge on any atom is 0.530 e. The van der Waals surface area contributed by atoms with Gasteiger partial charge in [0.1, 0.15) is 23.5 Å². The highest BCUT2D eigenvalue weighted by molar-refractivity contribution is 7.49. The fourth-order valence-corrected chi connectivity index (χ4v) is 3.69. The number of halogens is 2. The van der Waals surface area contributed by atoms with Gasteiger partial charge in [0.15, 0.2) is 0 Å². The Balaban J connectivity index is 1.77. The lowest BCUT2D eigenvalue weighted by atomic mass is 10.1. The van der Waals surface area contributed by atoms with E-state index in [1.807, 2.05) is 0 Å². The van der Waals surface area contributed by atoms with Crippen LogP contribution in [0.4, 0.5) is 14.5 Å². The van der Waals surface area contributed by atoms with E-state index >= 15 is 0 Å². The van der Waals surface area contributed by atoms with Gasteiger partial charge < -0.3 is 4.52 Å². The lowest BCUT2D eigenvalue weighted by molar-refractivity contribution is -0.384. The van der Waals surface area contributed by atoms with E-state index in [-0.39, 0.29) is 30.0 Å². The van der Waals surface area contributed by atoms with Crippen LogP contribution in [0.3, 0.4) is 0 Å². The Morgan fingerprint density at radius 1 is 1.20 bits per heavy atom. The molecule has 0 radical (unpaired) electrons. The first-order chi connectivity index (χ1) is 11.9. The predicted molar refractivity (Wildman–Crippen MR) is 82.1 cm³/mol. The summed E-state index contributed by atoms with van der Waals surface area (Å²) in [7, 11) is -4.06. The standard InChI is InChI=1S/C15H12F2NO6P/c16-10-1-6-13(14(17)9-10)15-7-8-22-25(21,24-15)23-12-4-2-11(3-5-12)18(19)20/h1-6,9,15H,7-8H2/t15-,25?/m1/s1. The maximum absolute atomic E-state index is 13.9. The van der Waals surface area contributed by atoms with E-state index in [4.69, 9.17) is 13.6 Å². The Morgan fingerprint density at radius 3 is 2.56 bits per heavy atom. The predicted octanol–water partition coefficient (Wildman–Crippen LogP) is 4.54. The van der Waals surface area contributed by atoms with Gasteiger partial charge in [0.25, 0.3) is 5.69 Å². The molecule has 2 atom stereocenters. The molecule has 1 fully saturated rings. The highest BCUT2D eigenvalue weighted by Gasteiger charge is 2.38. The Kier molecular flexibility index (Phi) is 4.80. The molecule has 1 saturated heterocycles. The molecule has 0 saturated carbocycles. The van der Waals surface area contributed by atoms with Crippen LogP contribution < -0.4 is 4.52 Å². The lowest BCUT2D eigenvalue weighted by Gasteiger charge is -2.29. The molecule has 0 aliphatic carbocycles. The Labute approximate surface area is 140 Å². The van der Waals surface area contributed by atoms with E-state index in [2.05, 4.69) is 0 Å². The number of hydrogen-bond donors (Lipinski definition) is 0. The van der Waals surface area contributed by atoms with Crippen molar-refractivity contribution >= 4 is 13.5 Å². The third kappa shape index (κ3) is 4.01. The molecular formula is C15H12F2NO6P. The second-order valence-corrected chi connectivity index (χ2v) is 6.72. The SMILES string of the molecule is O=[N+]([O-])c1ccc(OP2(=O)OCC[C@H](c3ccc(F)cc3F)O2)cc1. The molecule has 0 amide bonds. The zero-order valence-corrected chi connectivity index (χ0v) is 13.5. The summed E-state index contributed by atoms with van der Waals surface area (Å²) in [6.07, 6.45) is -0.728. The molecule has 0 bridgehead atoms. The van der Waals surface area contributed by atoms with Crippen molar-refractivity contribution in [2.24, 2.45) is 0 Å². The van der Waals surface area contributed by atoms with Crippen molar-refractivity contribution in [2.45, 2.75) is 12.5 Å². The minimum absolute atomic E-state index is 0.0221. The number of nitro groups is 1. The van der Waals surface area contributed by atoms with E-state index in [0.717, 1.165) is 6.07 Å². The van der Waals surface area contributed by atoms with Crippen molar-refractivity contribution in [1.29, 1.82) is 0 Å². The fourth-order valence-electron chi connectivity index (χ4n) is 2.29. The molecule has 1 heterocycles. The van der Waals surface area contributed by atoms with Gasteiger partial charge in [-0.2, -0.15) is 0 Å². The molecule has 25 heavy (non-hydrogen) atoms. The first-order valence-electron chi connectivity index (χ1n) is 7.18. The van der Waals surface area contributed by atoms with Crippen LogP contribution in [-0.2, 0) is 13.6 Å². The van der Waals surface area contributed by atoms with E-state index in [0.29, 0.717) is 6.07 Å². The highest BCUT2D eigenvalue weighted by atomic mass is 31.2. The van der Waals surface area contributed by atoms with Gasteiger partial charge in [-0.15, -0.1) is 0 Å². The van der Waals surface area contributed by atoms with Crippen LogP contribution in [0.1, 0.15) is 18.1 Å². The van der Waals surface area contributed by atoms with Crippen molar-refractivity contribution < 1.29 is 31.8 Å². The summed E-state index contributed by atoms with van der Waals surface area (Å²) < 4.78 is 55.0. The molecule has 10 heteroatoms. The summed E-state index contributed by atoms with van der Waals surface area (Å²) in [5.74, 6) is -1.53. The molecule has 0 aromatic heterocycles. The molecule has 2 aromatic carbocycles. The molecule has 1 unspecified atom stereocenters. The monoisotopic (exact) mass is 371 g/mol. The Hall–Kier alpha value is -2.35. The largest absolute Gasteiger partial charge is 0.530 e. The second kappa shape index (κ2) is 6.87. The van der Waals surface area contributed by atoms with Crippen LogP contribution in [0.2, 0.25) is 0 Å². The first kappa shape index (κ1) is 17.5. The average Bonchev–Trinajstić information content (AvgIpc) is 2.55. The number of phosphoric ester groups is 1. The van der Waals surface area contributed by atoms with Gasteiger partial charge in [0, 0.05) is 30.2 Å². The number of non-ortho nitro benzene ring substituents is 1. The number of benzene rings is 2. The van der Waals surface area contributed by atoms with Gasteiger partial charge in [-0.3, -0.25) is 19.2 Å². The molecule has 2 aromatic rings. The van der Waals surface area contributed by atoms with Crippen molar-refractivity contribution in [3.8, 4) is 5.75 Å². The van der Waals surface area contributed by atoms with Gasteiger partial charge in [-0.25, -0.2) is 13.3 Å². The molecular weight excluding hydrogens is 359 g/mol. The number of phosphoric acid groups is 1. The molecule has 0 spiro atoms. The van der Waals surface area contributed by atoms with Crippen LogP contribution in [-0.4, -0.2) is 11.5 Å². The van der Waals surface area contributed by atoms with Gasteiger partial charge in [0.2, 0.25) is 0 Å². The third-order valence-electron chi connectivity index (χ3n) is 3.46. The van der Waals surface area contributed by atoms with Crippen LogP contribution in [0.5, 0.6) is 5.75 Å². The van der Waals surface area contributed by atoms with Crippen LogP contribution in [0.15, 0.2) is 42.5 Å². The minimum atomic E-state index is -4.06. The highest BCUT2D eigenvalue weighted by Crippen LogP contribution is 2.56. The molecule has 0 N–H and O–H groups in total. The molecule has 132 valence electrons. The summed E-state index contributed by atoms with van der Waals surface area (Å²) in [4.78, 5) is 10.0. The summed E-state index contributed by atoms with van der Waals surface area (Å²) in [5.41, 5.74) is -0.125. The molecule has 7 nitrogen and oxygen atoms in total. The van der Waals surface area contributed by atoms with Gasteiger partial charge in [-0.05, 0) is 18.2 Å². The zero-order chi connectivity index (χ0) is 18.0. The average molecular weight is 371 g/mol. The van der Waals surface area contributed by atoms with Crippen LogP contribution in [0, 0.1) is 21.7 Å². The number of hydrogen-bond acceptors (Lipinski definition) is 6. The van der Waals surface area contributed by atoms with Crippen molar-refractivity contribution in [3.05, 3.63) is 69.8 Å². The van der Waals surface area contributed by atoms with Gasteiger partial charge in [0.05, 0.1) is 11.5 Å². The van der Waals surface area contributed by atoms with E-state index < -0.39 is 30.5 Å². The minimum Gasteiger partial charge on any atom is -0.404 e. The fraction of sp³-hybridized carbons (Fsp3) is 0.200. The molecule has 1 aliphatic rings. The van der Waals surface area contributed by atoms with Crippen LogP contribution >= 0.6 is 7.82 Å². The number of rotatable bonds is 4. The smallest absolute Gasteiger partial charge is 0.404 e. The van der Waals surface area contributed by atoms with Gasteiger partial charge in [-0.1, -0.05) is 6.07 Å². The summed E-state index contributed by atoms with van der Waals surface area (Å²) in [5, 5.41) is 10.6. The number of nitrogens with zero attached hydrogens (tertiary/aromatic N) is 1. The molecule has 1 aliphatic heterocycles. The lowest BCUT2D eigenvalue weighted by Crippen LogP contribution is -2.17. The van der Waals surface area contributed by atoms with Crippen LogP contribution in [0.25, 0.3) is 0 Å². The summed E-state index contributed by atoms with van der Waals surface area (Å²) >= 11 is 0. The zero-order valence-electron chi connectivity index (χ0n) is 12.6. The van der Waals surface area contributed by atoms with E-state index in [1.54, 1.807) is 0 Å². The normalized spacial score (nSPS) is 23.2. The first-order valence-corrected chi connectivity index (χ1v) is 8.64. The Bertz CT molecular complexity index is 844. The van der Waals surface area contributed by atoms with Crippen molar-refractivity contribution in [2.75, 3.05) is 6.61 Å². The van der Waals surface area contributed by atoms with Gasteiger partial charge >= 0.3 is 7.82 Å². The second-order valence-electron chi connectivity index (χ2n) is 5.17. The van der Waals surface area contributed by atoms with E-state index in [9.17, 15) is 23.5 Å². The summed E-state index contributed by atoms with van der Waals surface area (Å²) in [6, 6.07) is 7.80. The quantitative estimate of drug-likeness (QED) is 0.445. The number of nitro benzene ring substituents is 1. The Morgan fingerprint density at radius 2 is 1.92 bits per heavy atom. The van der Waals surface area contributed by atoms with E-state index in [1.165, 1.54) is 30.3 Å². The molecule has 3 rings (SSSR count). The summed E-state index contributed by atoms with van der Waals surface area (Å²) in [6.45, 7) is -0.0221. The van der Waals surface area contributed by atoms with Crippen molar-refractivity contribution in [1.82, 2.24) is 0 Å². The topological polar surface area (TPSA) is 87.9 Å².